The number of alkyl halides is 2. The number of phenols is 1. The van der Waals surface area contributed by atoms with Crippen molar-refractivity contribution < 1.29 is 33.3 Å². The SMILES string of the molecule is CCC(C)C(C(=O)O)c1c(C)n(C(=O)c2ccc(OC(F)F)cc2)c2ccc(O)cc12. The summed E-state index contributed by atoms with van der Waals surface area (Å²) in [5.74, 6) is -2.66. The van der Waals surface area contributed by atoms with Crippen LogP contribution in [-0.4, -0.2) is 33.3 Å². The standard InChI is InChI=1S/C23H23F2NO5/c1-4-12(2)19(22(29)30)20-13(3)26(18-10-7-15(27)11-17(18)20)21(28)14-5-8-16(9-6-14)31-23(24)25/h5-12,19,23,27H,4H2,1-3H3,(H,29,30). The molecule has 0 saturated carbocycles. The van der Waals surface area contributed by atoms with Crippen molar-refractivity contribution in [3.05, 3.63) is 59.3 Å². The van der Waals surface area contributed by atoms with Gasteiger partial charge < -0.3 is 14.9 Å². The van der Waals surface area contributed by atoms with Gasteiger partial charge in [-0.05, 0) is 60.9 Å². The van der Waals surface area contributed by atoms with Crippen molar-refractivity contribution in [2.24, 2.45) is 5.92 Å². The second-order valence-electron chi connectivity index (χ2n) is 7.45. The lowest BCUT2D eigenvalue weighted by Gasteiger charge is -2.20. The van der Waals surface area contributed by atoms with Gasteiger partial charge in [-0.3, -0.25) is 14.2 Å². The monoisotopic (exact) mass is 431 g/mol. The molecule has 0 radical (unpaired) electrons. The van der Waals surface area contributed by atoms with E-state index in [1.165, 1.54) is 41.0 Å². The predicted molar refractivity (Wildman–Crippen MR) is 111 cm³/mol. The number of fused-ring (bicyclic) bond motifs is 1. The summed E-state index contributed by atoms with van der Waals surface area (Å²) in [4.78, 5) is 25.4. The number of halogens is 2. The highest BCUT2D eigenvalue weighted by Gasteiger charge is 2.32. The topological polar surface area (TPSA) is 88.8 Å². The zero-order chi connectivity index (χ0) is 22.9. The zero-order valence-corrected chi connectivity index (χ0v) is 17.3. The van der Waals surface area contributed by atoms with E-state index in [-0.39, 0.29) is 23.0 Å². The number of nitrogens with zero attached hydrogens (tertiary/aromatic N) is 1. The van der Waals surface area contributed by atoms with Crippen LogP contribution in [0, 0.1) is 12.8 Å². The molecular formula is C23H23F2NO5. The van der Waals surface area contributed by atoms with E-state index in [1.54, 1.807) is 13.0 Å². The molecule has 0 spiro atoms. The first-order valence-electron chi connectivity index (χ1n) is 9.82. The number of carbonyl (C=O) groups is 2. The molecule has 1 aromatic heterocycles. The molecule has 0 amide bonds. The highest BCUT2D eigenvalue weighted by molar-refractivity contribution is 6.05. The van der Waals surface area contributed by atoms with E-state index in [9.17, 15) is 28.6 Å². The normalized spacial score (nSPS) is 13.4. The molecule has 164 valence electrons. The van der Waals surface area contributed by atoms with Gasteiger partial charge in [-0.1, -0.05) is 20.3 Å². The van der Waals surface area contributed by atoms with Gasteiger partial charge in [-0.15, -0.1) is 0 Å². The highest BCUT2D eigenvalue weighted by Crippen LogP contribution is 2.38. The Kier molecular flexibility index (Phi) is 6.29. The molecule has 0 aliphatic carbocycles. The molecule has 2 N–H and O–H groups in total. The number of carbonyl (C=O) groups excluding carboxylic acids is 1. The van der Waals surface area contributed by atoms with Crippen molar-refractivity contribution in [3.63, 3.8) is 0 Å². The number of phenolic OH excluding ortho intramolecular Hbond substituents is 1. The lowest BCUT2D eigenvalue weighted by Crippen LogP contribution is -2.21. The number of aromatic nitrogens is 1. The summed E-state index contributed by atoms with van der Waals surface area (Å²) < 4.78 is 30.5. The number of aliphatic carboxylic acids is 1. The summed E-state index contributed by atoms with van der Waals surface area (Å²) in [6.45, 7) is 2.41. The average Bonchev–Trinajstić information content (AvgIpc) is 2.98. The van der Waals surface area contributed by atoms with Crippen LogP contribution in [0.25, 0.3) is 10.9 Å². The number of carboxylic acids is 1. The molecule has 31 heavy (non-hydrogen) atoms. The molecule has 0 bridgehead atoms. The van der Waals surface area contributed by atoms with Crippen molar-refractivity contribution in [1.82, 2.24) is 4.57 Å². The Labute approximate surface area is 177 Å². The molecule has 2 unspecified atom stereocenters. The van der Waals surface area contributed by atoms with Crippen molar-refractivity contribution in [1.29, 1.82) is 0 Å². The molecule has 0 aliphatic rings. The van der Waals surface area contributed by atoms with E-state index < -0.39 is 24.4 Å². The molecule has 0 fully saturated rings. The first-order chi connectivity index (χ1) is 14.6. The Morgan fingerprint density at radius 2 is 1.77 bits per heavy atom. The van der Waals surface area contributed by atoms with Gasteiger partial charge in [0.1, 0.15) is 11.5 Å². The first kappa shape index (κ1) is 22.3. The van der Waals surface area contributed by atoms with E-state index in [2.05, 4.69) is 4.74 Å². The molecule has 3 aromatic rings. The molecule has 2 atom stereocenters. The number of aromatic hydroxyl groups is 1. The highest BCUT2D eigenvalue weighted by atomic mass is 19.3. The summed E-state index contributed by atoms with van der Waals surface area (Å²) >= 11 is 0. The van der Waals surface area contributed by atoms with Gasteiger partial charge in [0.25, 0.3) is 5.91 Å². The summed E-state index contributed by atoms with van der Waals surface area (Å²) in [5, 5.41) is 20.4. The van der Waals surface area contributed by atoms with E-state index in [1.807, 2.05) is 13.8 Å². The predicted octanol–water partition coefficient (Wildman–Crippen LogP) is 5.16. The summed E-state index contributed by atoms with van der Waals surface area (Å²) in [5.41, 5.74) is 1.60. The molecule has 2 aromatic carbocycles. The van der Waals surface area contributed by atoms with Crippen molar-refractivity contribution in [3.8, 4) is 11.5 Å². The van der Waals surface area contributed by atoms with Crippen molar-refractivity contribution in [2.75, 3.05) is 0 Å². The minimum absolute atomic E-state index is 0.0415. The van der Waals surface area contributed by atoms with Gasteiger partial charge in [0.05, 0.1) is 11.4 Å². The molecule has 6 nitrogen and oxygen atoms in total. The third kappa shape index (κ3) is 4.23. The molecular weight excluding hydrogens is 408 g/mol. The summed E-state index contributed by atoms with van der Waals surface area (Å²) in [6.07, 6.45) is 0.613. The zero-order valence-electron chi connectivity index (χ0n) is 17.3. The maximum Gasteiger partial charge on any atom is 0.387 e. The van der Waals surface area contributed by atoms with Gasteiger partial charge in [-0.25, -0.2) is 0 Å². The fourth-order valence-corrected chi connectivity index (χ4v) is 3.88. The van der Waals surface area contributed by atoms with Gasteiger partial charge >= 0.3 is 12.6 Å². The number of benzene rings is 2. The van der Waals surface area contributed by atoms with E-state index in [0.717, 1.165) is 0 Å². The molecule has 0 aliphatic heterocycles. The lowest BCUT2D eigenvalue weighted by atomic mass is 9.84. The fourth-order valence-electron chi connectivity index (χ4n) is 3.88. The molecule has 3 rings (SSSR count). The average molecular weight is 431 g/mol. The molecule has 1 heterocycles. The molecule has 8 heteroatoms. The number of carboxylic acid groups (broad SMARTS) is 1. The van der Waals surface area contributed by atoms with Gasteiger partial charge in [0, 0.05) is 16.6 Å². The van der Waals surface area contributed by atoms with Gasteiger partial charge in [0.2, 0.25) is 0 Å². The van der Waals surface area contributed by atoms with Crippen LogP contribution in [0.4, 0.5) is 8.78 Å². The maximum absolute atomic E-state index is 13.3. The Morgan fingerprint density at radius 3 is 2.32 bits per heavy atom. The maximum atomic E-state index is 13.3. The van der Waals surface area contributed by atoms with Crippen molar-refractivity contribution >= 4 is 22.8 Å². The third-order valence-electron chi connectivity index (χ3n) is 5.56. The second kappa shape index (κ2) is 8.75. The van der Waals surface area contributed by atoms with Crippen LogP contribution >= 0.6 is 0 Å². The quantitative estimate of drug-likeness (QED) is 0.539. The molecule has 0 saturated heterocycles. The fraction of sp³-hybridized carbons (Fsp3) is 0.304. The van der Waals surface area contributed by atoms with Crippen LogP contribution in [0.5, 0.6) is 11.5 Å². The lowest BCUT2D eigenvalue weighted by molar-refractivity contribution is -0.140. The summed E-state index contributed by atoms with van der Waals surface area (Å²) in [6, 6.07) is 9.72. The third-order valence-corrected chi connectivity index (χ3v) is 5.56. The number of ether oxygens (including phenoxy) is 1. The summed E-state index contributed by atoms with van der Waals surface area (Å²) in [7, 11) is 0. The van der Waals surface area contributed by atoms with E-state index in [4.69, 9.17) is 0 Å². The minimum Gasteiger partial charge on any atom is -0.508 e. The Bertz CT molecular complexity index is 1120. The van der Waals surface area contributed by atoms with Crippen LogP contribution < -0.4 is 4.74 Å². The van der Waals surface area contributed by atoms with Crippen LogP contribution in [0.2, 0.25) is 0 Å². The van der Waals surface area contributed by atoms with Gasteiger partial charge in [-0.2, -0.15) is 8.78 Å². The second-order valence-corrected chi connectivity index (χ2v) is 7.45. The minimum atomic E-state index is -2.97. The van der Waals surface area contributed by atoms with Crippen LogP contribution in [0.3, 0.4) is 0 Å². The Hall–Kier alpha value is -3.42. The largest absolute Gasteiger partial charge is 0.508 e. The van der Waals surface area contributed by atoms with Crippen molar-refractivity contribution in [2.45, 2.75) is 39.7 Å². The van der Waals surface area contributed by atoms with E-state index in [0.29, 0.717) is 28.6 Å². The van der Waals surface area contributed by atoms with Crippen LogP contribution in [-0.2, 0) is 4.79 Å². The Balaban J connectivity index is 2.18. The number of hydrogen-bond donors (Lipinski definition) is 2. The van der Waals surface area contributed by atoms with Crippen LogP contribution in [0.1, 0.15) is 47.8 Å². The van der Waals surface area contributed by atoms with Crippen LogP contribution in [0.15, 0.2) is 42.5 Å². The smallest absolute Gasteiger partial charge is 0.387 e. The number of hydrogen-bond acceptors (Lipinski definition) is 4. The van der Waals surface area contributed by atoms with E-state index >= 15 is 0 Å². The number of rotatable bonds is 7. The van der Waals surface area contributed by atoms with Gasteiger partial charge in [0.15, 0.2) is 0 Å². The Morgan fingerprint density at radius 1 is 1.13 bits per heavy atom. The first-order valence-corrected chi connectivity index (χ1v) is 9.82.